The van der Waals surface area contributed by atoms with Crippen molar-refractivity contribution in [1.82, 2.24) is 9.97 Å². The zero-order valence-corrected chi connectivity index (χ0v) is 9.12. The molecule has 0 fully saturated rings. The van der Waals surface area contributed by atoms with Gasteiger partial charge in [-0.2, -0.15) is 0 Å². The van der Waals surface area contributed by atoms with Crippen LogP contribution in [0, 0.1) is 6.92 Å². The van der Waals surface area contributed by atoms with Gasteiger partial charge in [-0.25, -0.2) is 9.78 Å². The molecule has 0 radical (unpaired) electrons. The second-order valence-electron chi connectivity index (χ2n) is 3.40. The van der Waals surface area contributed by atoms with E-state index in [2.05, 4.69) is 9.97 Å². The molecule has 0 atom stereocenters. The Morgan fingerprint density at radius 2 is 2.12 bits per heavy atom. The smallest absolute Gasteiger partial charge is 0.358 e. The Kier molecular flexibility index (Phi) is 3.00. The molecule has 5 heteroatoms. The Labute approximate surface area is 97.7 Å². The lowest BCUT2D eigenvalue weighted by molar-refractivity contribution is 0.0687. The van der Waals surface area contributed by atoms with E-state index in [-0.39, 0.29) is 11.4 Å². The lowest BCUT2D eigenvalue weighted by Crippen LogP contribution is -2.03. The van der Waals surface area contributed by atoms with Crippen molar-refractivity contribution >= 4 is 5.97 Å². The maximum Gasteiger partial charge on any atom is 0.358 e. The maximum absolute atomic E-state index is 10.9. The van der Waals surface area contributed by atoms with Crippen molar-refractivity contribution in [3.8, 4) is 11.5 Å². The summed E-state index contributed by atoms with van der Waals surface area (Å²) < 4.78 is 5.52. The molecule has 0 aliphatic rings. The van der Waals surface area contributed by atoms with Crippen LogP contribution in [0.3, 0.4) is 0 Å². The largest absolute Gasteiger partial charge is 0.476 e. The number of nitrogens with zero attached hydrogens (tertiary/aromatic N) is 2. The molecule has 0 bridgehead atoms. The number of aromatic nitrogens is 2. The summed E-state index contributed by atoms with van der Waals surface area (Å²) in [4.78, 5) is 18.6. The topological polar surface area (TPSA) is 72.3 Å². The molecular weight excluding hydrogens is 220 g/mol. The first-order valence-electron chi connectivity index (χ1n) is 4.95. The van der Waals surface area contributed by atoms with Crippen LogP contribution in [-0.4, -0.2) is 21.0 Å². The van der Waals surface area contributed by atoms with Crippen LogP contribution in [0.5, 0.6) is 11.5 Å². The normalized spacial score (nSPS) is 9.94. The quantitative estimate of drug-likeness (QED) is 0.875. The number of ether oxygens (including phenoxy) is 1. The molecule has 0 saturated heterocycles. The second-order valence-corrected chi connectivity index (χ2v) is 3.40. The fourth-order valence-corrected chi connectivity index (χ4v) is 1.33. The predicted molar refractivity (Wildman–Crippen MR) is 60.2 cm³/mol. The molecule has 2 rings (SSSR count). The molecule has 2 aromatic rings. The minimum Gasteiger partial charge on any atom is -0.476 e. The van der Waals surface area contributed by atoms with Crippen molar-refractivity contribution in [3.63, 3.8) is 0 Å². The van der Waals surface area contributed by atoms with Gasteiger partial charge in [0.25, 0.3) is 0 Å². The molecule has 2 heterocycles. The van der Waals surface area contributed by atoms with Gasteiger partial charge in [0.2, 0.25) is 0 Å². The minimum atomic E-state index is -1.12. The van der Waals surface area contributed by atoms with E-state index in [0.29, 0.717) is 5.75 Å². The van der Waals surface area contributed by atoms with Gasteiger partial charge in [0, 0.05) is 24.2 Å². The number of hydrogen-bond acceptors (Lipinski definition) is 4. The fraction of sp³-hybridized carbons (Fsp3) is 0.0833. The van der Waals surface area contributed by atoms with E-state index in [1.807, 2.05) is 6.92 Å². The zero-order valence-electron chi connectivity index (χ0n) is 9.12. The summed E-state index contributed by atoms with van der Waals surface area (Å²) >= 11 is 0. The third-order valence-corrected chi connectivity index (χ3v) is 2.16. The van der Waals surface area contributed by atoms with Crippen molar-refractivity contribution in [2.75, 3.05) is 0 Å². The summed E-state index contributed by atoms with van der Waals surface area (Å²) in [6, 6.07) is 4.86. The first kappa shape index (κ1) is 11.1. The van der Waals surface area contributed by atoms with E-state index >= 15 is 0 Å². The SMILES string of the molecule is Cc1cnccc1Oc1cccnc1C(=O)O. The number of rotatable bonds is 3. The standard InChI is InChI=1S/C12H10N2O3/c1-8-7-13-6-4-9(8)17-10-3-2-5-14-11(10)12(15)16/h2-7H,1H3,(H,15,16). The predicted octanol–water partition coefficient (Wildman–Crippen LogP) is 2.28. The van der Waals surface area contributed by atoms with Crippen LogP contribution in [0.1, 0.15) is 16.1 Å². The van der Waals surface area contributed by atoms with Crippen LogP contribution in [-0.2, 0) is 0 Å². The minimum absolute atomic E-state index is 0.108. The number of carbonyl (C=O) groups is 1. The summed E-state index contributed by atoms with van der Waals surface area (Å²) in [5.74, 6) is -0.336. The van der Waals surface area contributed by atoms with Crippen molar-refractivity contribution in [2.24, 2.45) is 0 Å². The van der Waals surface area contributed by atoms with Crippen LogP contribution in [0.15, 0.2) is 36.8 Å². The molecule has 0 unspecified atom stereocenters. The molecule has 2 aromatic heterocycles. The first-order valence-corrected chi connectivity index (χ1v) is 4.95. The summed E-state index contributed by atoms with van der Waals surface area (Å²) in [6.45, 7) is 1.83. The average Bonchev–Trinajstić information content (AvgIpc) is 2.32. The van der Waals surface area contributed by atoms with Gasteiger partial charge in [-0.15, -0.1) is 0 Å². The molecule has 17 heavy (non-hydrogen) atoms. The number of carboxylic acids is 1. The molecule has 1 N–H and O–H groups in total. The number of aromatic carboxylic acids is 1. The molecular formula is C12H10N2O3. The van der Waals surface area contributed by atoms with Crippen LogP contribution < -0.4 is 4.74 Å². The summed E-state index contributed by atoms with van der Waals surface area (Å²) in [5, 5.41) is 8.96. The number of pyridine rings is 2. The third kappa shape index (κ3) is 2.39. The molecule has 0 aliphatic carbocycles. The summed E-state index contributed by atoms with van der Waals surface area (Å²) in [7, 11) is 0. The van der Waals surface area contributed by atoms with E-state index < -0.39 is 5.97 Å². The monoisotopic (exact) mass is 230 g/mol. The van der Waals surface area contributed by atoms with Crippen LogP contribution in [0.25, 0.3) is 0 Å². The van der Waals surface area contributed by atoms with Crippen molar-refractivity contribution in [1.29, 1.82) is 0 Å². The molecule has 86 valence electrons. The highest BCUT2D eigenvalue weighted by atomic mass is 16.5. The van der Waals surface area contributed by atoms with Crippen LogP contribution in [0.2, 0.25) is 0 Å². The van der Waals surface area contributed by atoms with Crippen molar-refractivity contribution in [3.05, 3.63) is 48.0 Å². The lowest BCUT2D eigenvalue weighted by Gasteiger charge is -2.09. The Bertz CT molecular complexity index is 555. The Hall–Kier alpha value is -2.43. The highest BCUT2D eigenvalue weighted by Crippen LogP contribution is 2.25. The molecule has 5 nitrogen and oxygen atoms in total. The molecule has 0 amide bonds. The fourth-order valence-electron chi connectivity index (χ4n) is 1.33. The van der Waals surface area contributed by atoms with Gasteiger partial charge in [-0.05, 0) is 25.1 Å². The Morgan fingerprint density at radius 3 is 2.82 bits per heavy atom. The van der Waals surface area contributed by atoms with E-state index in [0.717, 1.165) is 5.56 Å². The van der Waals surface area contributed by atoms with Gasteiger partial charge in [-0.1, -0.05) is 0 Å². The molecule has 0 spiro atoms. The Balaban J connectivity index is 2.37. The number of aryl methyl sites for hydroxylation is 1. The van der Waals surface area contributed by atoms with Gasteiger partial charge in [0.05, 0.1) is 0 Å². The highest BCUT2D eigenvalue weighted by Gasteiger charge is 2.13. The van der Waals surface area contributed by atoms with Gasteiger partial charge in [0.15, 0.2) is 11.4 Å². The third-order valence-electron chi connectivity index (χ3n) is 2.16. The number of carboxylic acid groups (broad SMARTS) is 1. The first-order chi connectivity index (χ1) is 8.18. The van der Waals surface area contributed by atoms with E-state index in [1.165, 1.54) is 6.20 Å². The Morgan fingerprint density at radius 1 is 1.29 bits per heavy atom. The lowest BCUT2D eigenvalue weighted by atomic mass is 10.3. The van der Waals surface area contributed by atoms with Gasteiger partial charge >= 0.3 is 5.97 Å². The highest BCUT2D eigenvalue weighted by molar-refractivity contribution is 5.88. The molecule has 0 aromatic carbocycles. The summed E-state index contributed by atoms with van der Waals surface area (Å²) in [5.41, 5.74) is 0.719. The molecule has 0 aliphatic heterocycles. The van der Waals surface area contributed by atoms with Crippen molar-refractivity contribution in [2.45, 2.75) is 6.92 Å². The van der Waals surface area contributed by atoms with Gasteiger partial charge in [-0.3, -0.25) is 4.98 Å². The van der Waals surface area contributed by atoms with Crippen LogP contribution in [0.4, 0.5) is 0 Å². The van der Waals surface area contributed by atoms with Gasteiger partial charge in [0.1, 0.15) is 5.75 Å². The number of hydrogen-bond donors (Lipinski definition) is 1. The molecule has 0 saturated carbocycles. The van der Waals surface area contributed by atoms with E-state index in [4.69, 9.17) is 9.84 Å². The van der Waals surface area contributed by atoms with Crippen LogP contribution >= 0.6 is 0 Å². The zero-order chi connectivity index (χ0) is 12.3. The summed E-state index contributed by atoms with van der Waals surface area (Å²) in [6.07, 6.45) is 4.64. The van der Waals surface area contributed by atoms with Crippen molar-refractivity contribution < 1.29 is 14.6 Å². The van der Waals surface area contributed by atoms with Gasteiger partial charge < -0.3 is 9.84 Å². The van der Waals surface area contributed by atoms with E-state index in [9.17, 15) is 4.79 Å². The van der Waals surface area contributed by atoms with E-state index in [1.54, 1.807) is 30.6 Å². The average molecular weight is 230 g/mol. The second kappa shape index (κ2) is 4.61. The maximum atomic E-state index is 10.9.